The summed E-state index contributed by atoms with van der Waals surface area (Å²) < 4.78 is 7.08. The van der Waals surface area contributed by atoms with Gasteiger partial charge in [0, 0.05) is 13.0 Å². The summed E-state index contributed by atoms with van der Waals surface area (Å²) in [4.78, 5) is 22.0. The van der Waals surface area contributed by atoms with Gasteiger partial charge < -0.3 is 4.52 Å². The first kappa shape index (κ1) is 18.6. The lowest BCUT2D eigenvalue weighted by Crippen LogP contribution is -2.25. The van der Waals surface area contributed by atoms with Crippen LogP contribution >= 0.6 is 11.8 Å². The van der Waals surface area contributed by atoms with Crippen molar-refractivity contribution in [2.45, 2.75) is 51.6 Å². The molecule has 0 unspecified atom stereocenters. The Balaban J connectivity index is 1.88. The molecule has 0 aliphatic rings. The molecule has 138 valence electrons. The molecule has 0 N–H and O–H groups in total. The van der Waals surface area contributed by atoms with E-state index < -0.39 is 0 Å². The smallest absolute Gasteiger partial charge is 0.262 e. The summed E-state index contributed by atoms with van der Waals surface area (Å²) in [6, 6.07) is 7.46. The molecule has 26 heavy (non-hydrogen) atoms. The molecular formula is C19H24N4O2S. The maximum atomic E-state index is 12.9. The van der Waals surface area contributed by atoms with Gasteiger partial charge in [-0.1, -0.05) is 56.7 Å². The van der Waals surface area contributed by atoms with Crippen LogP contribution in [0, 0.1) is 11.8 Å². The average molecular weight is 372 g/mol. The largest absolute Gasteiger partial charge is 0.338 e. The molecule has 1 aromatic carbocycles. The van der Waals surface area contributed by atoms with Crippen LogP contribution in [0.5, 0.6) is 0 Å². The highest BCUT2D eigenvalue weighted by Crippen LogP contribution is 2.22. The summed E-state index contributed by atoms with van der Waals surface area (Å²) in [6.45, 7) is 9.04. The van der Waals surface area contributed by atoms with E-state index in [0.717, 1.165) is 12.2 Å². The van der Waals surface area contributed by atoms with Crippen LogP contribution in [0.4, 0.5) is 0 Å². The number of rotatable bonds is 7. The molecule has 0 saturated carbocycles. The summed E-state index contributed by atoms with van der Waals surface area (Å²) >= 11 is 1.46. The van der Waals surface area contributed by atoms with Crippen LogP contribution in [-0.4, -0.2) is 19.7 Å². The highest BCUT2D eigenvalue weighted by Gasteiger charge is 2.15. The second kappa shape index (κ2) is 8.03. The van der Waals surface area contributed by atoms with Gasteiger partial charge in [0.15, 0.2) is 11.0 Å². The molecule has 0 amide bonds. The SMILES string of the molecule is CC(C)Cc1noc(CSc2nc3ccccc3c(=O)n2CC(C)C)n1. The molecular weight excluding hydrogens is 348 g/mol. The molecule has 0 fully saturated rings. The lowest BCUT2D eigenvalue weighted by Gasteiger charge is -2.14. The highest BCUT2D eigenvalue weighted by atomic mass is 32.2. The topological polar surface area (TPSA) is 73.8 Å². The minimum Gasteiger partial charge on any atom is -0.338 e. The van der Waals surface area contributed by atoms with Crippen LogP contribution in [0.15, 0.2) is 38.7 Å². The third-order valence-electron chi connectivity index (χ3n) is 3.80. The van der Waals surface area contributed by atoms with Crippen molar-refractivity contribution in [1.29, 1.82) is 0 Å². The maximum Gasteiger partial charge on any atom is 0.262 e. The molecule has 0 atom stereocenters. The molecule has 0 bridgehead atoms. The average Bonchev–Trinajstić information content (AvgIpc) is 3.02. The fraction of sp³-hybridized carbons (Fsp3) is 0.474. The first-order valence-electron chi connectivity index (χ1n) is 8.88. The van der Waals surface area contributed by atoms with Gasteiger partial charge in [-0.25, -0.2) is 4.98 Å². The second-order valence-electron chi connectivity index (χ2n) is 7.21. The molecule has 0 spiro atoms. The van der Waals surface area contributed by atoms with Crippen molar-refractivity contribution in [1.82, 2.24) is 19.7 Å². The minimum atomic E-state index is -0.00201. The fourth-order valence-electron chi connectivity index (χ4n) is 2.71. The normalized spacial score (nSPS) is 11.8. The van der Waals surface area contributed by atoms with E-state index in [-0.39, 0.29) is 5.56 Å². The Morgan fingerprint density at radius 1 is 1.12 bits per heavy atom. The molecule has 0 radical (unpaired) electrons. The summed E-state index contributed by atoms with van der Waals surface area (Å²) in [6.07, 6.45) is 0.792. The molecule has 0 aliphatic carbocycles. The minimum absolute atomic E-state index is 0.00201. The van der Waals surface area contributed by atoms with Crippen molar-refractivity contribution < 1.29 is 4.52 Å². The van der Waals surface area contributed by atoms with E-state index in [1.54, 1.807) is 4.57 Å². The van der Waals surface area contributed by atoms with Crippen molar-refractivity contribution in [3.05, 3.63) is 46.3 Å². The fourth-order valence-corrected chi connectivity index (χ4v) is 3.55. The Hall–Kier alpha value is -2.15. The van der Waals surface area contributed by atoms with E-state index in [9.17, 15) is 4.79 Å². The standard InChI is InChI=1S/C19H24N4O2S/c1-12(2)9-16-21-17(25-22-16)11-26-19-20-15-8-6-5-7-14(15)18(24)23(19)10-13(3)4/h5-8,12-13H,9-11H2,1-4H3. The number of fused-ring (bicyclic) bond motifs is 1. The van der Waals surface area contributed by atoms with E-state index in [2.05, 4.69) is 37.8 Å². The van der Waals surface area contributed by atoms with Gasteiger partial charge in [0.1, 0.15) is 0 Å². The number of nitrogens with zero attached hydrogens (tertiary/aromatic N) is 4. The van der Waals surface area contributed by atoms with E-state index in [0.29, 0.717) is 46.1 Å². The molecule has 0 saturated heterocycles. The first-order valence-corrected chi connectivity index (χ1v) is 9.86. The van der Waals surface area contributed by atoms with Crippen molar-refractivity contribution in [2.24, 2.45) is 11.8 Å². The Morgan fingerprint density at radius 2 is 1.88 bits per heavy atom. The Bertz CT molecular complexity index is 946. The lowest BCUT2D eigenvalue weighted by molar-refractivity contribution is 0.382. The molecule has 3 rings (SSSR count). The zero-order valence-electron chi connectivity index (χ0n) is 15.6. The van der Waals surface area contributed by atoms with Crippen molar-refractivity contribution in [2.75, 3.05) is 0 Å². The number of hydrogen-bond donors (Lipinski definition) is 0. The van der Waals surface area contributed by atoms with Gasteiger partial charge in [0.2, 0.25) is 5.89 Å². The monoisotopic (exact) mass is 372 g/mol. The van der Waals surface area contributed by atoms with Crippen molar-refractivity contribution >= 4 is 22.7 Å². The van der Waals surface area contributed by atoms with Crippen molar-refractivity contribution in [3.8, 4) is 0 Å². The summed E-state index contributed by atoms with van der Waals surface area (Å²) in [5.41, 5.74) is 0.712. The number of para-hydroxylation sites is 1. The number of thioether (sulfide) groups is 1. The van der Waals surface area contributed by atoms with Crippen LogP contribution in [0.2, 0.25) is 0 Å². The third kappa shape index (κ3) is 4.33. The second-order valence-corrected chi connectivity index (χ2v) is 8.15. The predicted molar refractivity (Wildman–Crippen MR) is 103 cm³/mol. The van der Waals surface area contributed by atoms with Gasteiger partial charge in [0.05, 0.1) is 16.7 Å². The zero-order chi connectivity index (χ0) is 18.7. The van der Waals surface area contributed by atoms with Gasteiger partial charge in [0.25, 0.3) is 5.56 Å². The lowest BCUT2D eigenvalue weighted by atomic mass is 10.1. The predicted octanol–water partition coefficient (Wildman–Crippen LogP) is 3.93. The van der Waals surface area contributed by atoms with Crippen LogP contribution in [0.3, 0.4) is 0 Å². The van der Waals surface area contributed by atoms with Gasteiger partial charge in [-0.15, -0.1) is 0 Å². The van der Waals surface area contributed by atoms with E-state index in [4.69, 9.17) is 9.51 Å². The Kier molecular flexibility index (Phi) is 5.76. The first-order chi connectivity index (χ1) is 12.4. The summed E-state index contributed by atoms with van der Waals surface area (Å²) in [7, 11) is 0. The van der Waals surface area contributed by atoms with Crippen LogP contribution in [-0.2, 0) is 18.7 Å². The molecule has 3 aromatic rings. The van der Waals surface area contributed by atoms with Gasteiger partial charge in [-0.05, 0) is 24.0 Å². The van der Waals surface area contributed by atoms with E-state index >= 15 is 0 Å². The van der Waals surface area contributed by atoms with E-state index in [1.165, 1.54) is 11.8 Å². The van der Waals surface area contributed by atoms with E-state index in [1.807, 2.05) is 24.3 Å². The van der Waals surface area contributed by atoms with Gasteiger partial charge in [-0.2, -0.15) is 4.98 Å². The third-order valence-corrected chi connectivity index (χ3v) is 4.76. The molecule has 2 heterocycles. The zero-order valence-corrected chi connectivity index (χ0v) is 16.4. The van der Waals surface area contributed by atoms with Crippen LogP contribution in [0.1, 0.15) is 39.4 Å². The Morgan fingerprint density at radius 3 is 2.62 bits per heavy atom. The molecule has 0 aliphatic heterocycles. The number of aromatic nitrogens is 4. The molecule has 2 aromatic heterocycles. The number of hydrogen-bond acceptors (Lipinski definition) is 6. The highest BCUT2D eigenvalue weighted by molar-refractivity contribution is 7.98. The molecule has 6 nitrogen and oxygen atoms in total. The summed E-state index contributed by atoms with van der Waals surface area (Å²) in [5.74, 6) is 2.60. The van der Waals surface area contributed by atoms with Crippen LogP contribution in [0.25, 0.3) is 10.9 Å². The maximum absolute atomic E-state index is 12.9. The van der Waals surface area contributed by atoms with Crippen molar-refractivity contribution in [3.63, 3.8) is 0 Å². The van der Waals surface area contributed by atoms with Gasteiger partial charge >= 0.3 is 0 Å². The summed E-state index contributed by atoms with van der Waals surface area (Å²) in [5, 5.41) is 5.35. The van der Waals surface area contributed by atoms with Crippen LogP contribution < -0.4 is 5.56 Å². The quantitative estimate of drug-likeness (QED) is 0.462. The Labute approximate surface area is 157 Å². The van der Waals surface area contributed by atoms with Gasteiger partial charge in [-0.3, -0.25) is 9.36 Å². The number of benzene rings is 1. The molecule has 7 heteroatoms.